The van der Waals surface area contributed by atoms with Crippen LogP contribution in [0.4, 0.5) is 0 Å². The summed E-state index contributed by atoms with van der Waals surface area (Å²) >= 11 is 0. The molecule has 1 amide bonds. The third-order valence-corrected chi connectivity index (χ3v) is 5.51. The van der Waals surface area contributed by atoms with Gasteiger partial charge in [-0.05, 0) is 44.7 Å². The normalized spacial score (nSPS) is 26.2. The highest BCUT2D eigenvalue weighted by Gasteiger charge is 2.56. The molecule has 1 aliphatic rings. The fourth-order valence-electron chi connectivity index (χ4n) is 4.14. The van der Waals surface area contributed by atoms with Crippen molar-refractivity contribution in [2.24, 2.45) is 11.5 Å². The van der Waals surface area contributed by atoms with E-state index in [2.05, 4.69) is 51.1 Å². The molecular weight excluding hydrogens is 324 g/mol. The van der Waals surface area contributed by atoms with Crippen molar-refractivity contribution in [1.82, 2.24) is 0 Å². The number of carbonyl (C=O) groups is 1. The van der Waals surface area contributed by atoms with Crippen LogP contribution in [0.5, 0.6) is 0 Å². The smallest absolute Gasteiger partial charge is 0.237 e. The Morgan fingerprint density at radius 1 is 1.12 bits per heavy atom. The molecule has 4 nitrogen and oxygen atoms in total. The molecule has 0 aromatic heterocycles. The first-order chi connectivity index (χ1) is 12.2. The average Bonchev–Trinajstić information content (AvgIpc) is 2.57. The zero-order valence-corrected chi connectivity index (χ0v) is 15.8. The van der Waals surface area contributed by atoms with Crippen LogP contribution >= 0.6 is 0 Å². The van der Waals surface area contributed by atoms with Gasteiger partial charge >= 0.3 is 0 Å². The Morgan fingerprint density at radius 3 is 2.23 bits per heavy atom. The molecule has 1 fully saturated rings. The van der Waals surface area contributed by atoms with Gasteiger partial charge in [-0.1, -0.05) is 59.7 Å². The minimum atomic E-state index is -0.942. The third-order valence-electron chi connectivity index (χ3n) is 5.51. The van der Waals surface area contributed by atoms with Gasteiger partial charge in [-0.3, -0.25) is 4.79 Å². The molecule has 4 N–H and O–H groups in total. The molecule has 0 unspecified atom stereocenters. The molecule has 1 aliphatic carbocycles. The predicted octanol–water partition coefficient (Wildman–Crippen LogP) is 3.30. The van der Waals surface area contributed by atoms with Crippen LogP contribution in [0.25, 0.3) is 0 Å². The fourth-order valence-corrected chi connectivity index (χ4v) is 4.14. The fraction of sp³-hybridized carbons (Fsp3) is 0.409. The van der Waals surface area contributed by atoms with Crippen molar-refractivity contribution in [3.8, 4) is 0 Å². The molecule has 0 aliphatic heterocycles. The van der Waals surface area contributed by atoms with Crippen LogP contribution in [-0.2, 0) is 14.9 Å². The molecule has 1 atom stereocenters. The van der Waals surface area contributed by atoms with Gasteiger partial charge in [-0.15, -0.1) is 0 Å². The maximum atomic E-state index is 11.7. The van der Waals surface area contributed by atoms with Gasteiger partial charge in [0.2, 0.25) is 5.91 Å². The van der Waals surface area contributed by atoms with Gasteiger partial charge in [0.1, 0.15) is 0 Å². The molecule has 3 rings (SSSR count). The van der Waals surface area contributed by atoms with Crippen LogP contribution in [-0.4, -0.2) is 18.1 Å². The number of hydrogen-bond acceptors (Lipinski definition) is 3. The summed E-state index contributed by atoms with van der Waals surface area (Å²) in [6.45, 7) is 6.76. The topological polar surface area (TPSA) is 78.3 Å². The van der Waals surface area contributed by atoms with Gasteiger partial charge in [0, 0.05) is 5.41 Å². The number of amides is 1. The number of ether oxygens (including phenoxy) is 1. The van der Waals surface area contributed by atoms with E-state index in [1.54, 1.807) is 0 Å². The van der Waals surface area contributed by atoms with E-state index in [0.29, 0.717) is 19.4 Å². The van der Waals surface area contributed by atoms with Crippen molar-refractivity contribution in [3.05, 3.63) is 70.8 Å². The summed E-state index contributed by atoms with van der Waals surface area (Å²) in [5, 5.41) is 0. The summed E-state index contributed by atoms with van der Waals surface area (Å²) in [5.41, 5.74) is 15.3. The van der Waals surface area contributed by atoms with Crippen molar-refractivity contribution in [2.75, 3.05) is 6.61 Å². The highest BCUT2D eigenvalue weighted by Crippen LogP contribution is 2.49. The van der Waals surface area contributed by atoms with Crippen LogP contribution < -0.4 is 11.5 Å². The van der Waals surface area contributed by atoms with E-state index >= 15 is 0 Å². The maximum absolute atomic E-state index is 11.7. The Hall–Kier alpha value is -2.17. The van der Waals surface area contributed by atoms with Crippen molar-refractivity contribution >= 4 is 5.91 Å². The summed E-state index contributed by atoms with van der Waals surface area (Å²) in [7, 11) is 0. The number of nitrogens with two attached hydrogens (primary N) is 2. The largest absolute Gasteiger partial charge is 0.373 e. The van der Waals surface area contributed by atoms with E-state index < -0.39 is 11.4 Å². The molecule has 138 valence electrons. The molecule has 0 saturated heterocycles. The Labute approximate surface area is 155 Å². The second-order valence-electron chi connectivity index (χ2n) is 7.89. The van der Waals surface area contributed by atoms with Crippen molar-refractivity contribution in [2.45, 2.75) is 50.7 Å². The summed E-state index contributed by atoms with van der Waals surface area (Å²) in [4.78, 5) is 11.7. The van der Waals surface area contributed by atoms with Crippen LogP contribution in [0.2, 0.25) is 0 Å². The second kappa shape index (κ2) is 6.86. The number of primary amides is 1. The van der Waals surface area contributed by atoms with Gasteiger partial charge in [0.15, 0.2) is 0 Å². The molecule has 0 heterocycles. The number of benzene rings is 2. The van der Waals surface area contributed by atoms with Gasteiger partial charge in [-0.2, -0.15) is 0 Å². The van der Waals surface area contributed by atoms with Gasteiger partial charge < -0.3 is 16.2 Å². The van der Waals surface area contributed by atoms with E-state index in [1.165, 1.54) is 16.7 Å². The van der Waals surface area contributed by atoms with E-state index in [4.69, 9.17) is 16.2 Å². The third kappa shape index (κ3) is 3.53. The van der Waals surface area contributed by atoms with Gasteiger partial charge in [0.05, 0.1) is 18.2 Å². The molecular formula is C22H28N2O2. The van der Waals surface area contributed by atoms with Crippen LogP contribution in [0.15, 0.2) is 48.5 Å². The lowest BCUT2D eigenvalue weighted by molar-refractivity contribution is -0.131. The molecule has 4 heteroatoms. The first-order valence-electron chi connectivity index (χ1n) is 9.08. The van der Waals surface area contributed by atoms with Crippen molar-refractivity contribution in [1.29, 1.82) is 0 Å². The number of rotatable bonds is 6. The molecule has 0 radical (unpaired) electrons. The molecule has 1 saturated carbocycles. The first kappa shape index (κ1) is 18.6. The Bertz CT molecular complexity index is 775. The van der Waals surface area contributed by atoms with Crippen LogP contribution in [0.1, 0.15) is 48.1 Å². The number of hydrogen-bond donors (Lipinski definition) is 2. The number of aryl methyl sites for hydroxylation is 2. The summed E-state index contributed by atoms with van der Waals surface area (Å²) < 4.78 is 6.27. The van der Waals surface area contributed by atoms with Gasteiger partial charge in [0.25, 0.3) is 0 Å². The monoisotopic (exact) mass is 352 g/mol. The molecule has 0 bridgehead atoms. The number of carbonyl (C=O) groups excluding carboxylic acids is 1. The summed E-state index contributed by atoms with van der Waals surface area (Å²) in [6, 6.07) is 16.6. The highest BCUT2D eigenvalue weighted by molar-refractivity contribution is 5.86. The minimum Gasteiger partial charge on any atom is -0.373 e. The minimum absolute atomic E-state index is 0.0319. The first-order valence-corrected chi connectivity index (χ1v) is 9.08. The van der Waals surface area contributed by atoms with Crippen molar-refractivity contribution < 1.29 is 9.53 Å². The zero-order chi connectivity index (χ0) is 18.9. The maximum Gasteiger partial charge on any atom is 0.237 e. The van der Waals surface area contributed by atoms with E-state index in [1.807, 2.05) is 18.2 Å². The lowest BCUT2D eigenvalue weighted by atomic mass is 9.55. The van der Waals surface area contributed by atoms with Crippen molar-refractivity contribution in [3.63, 3.8) is 0 Å². The second-order valence-corrected chi connectivity index (χ2v) is 7.89. The standard InChI is InChI=1S/C22H28N2O2/c1-15-9-16(2)11-18(10-15)17(3)26-14-21(19-7-5-4-6-8-19)12-22(24,13-21)20(23)25/h4-11,17H,12-14,24H2,1-3H3,(H2,23,25)/t17-,21?,22?/m1/s1. The summed E-state index contributed by atoms with van der Waals surface area (Å²) in [6.07, 6.45) is 0.994. The average molecular weight is 352 g/mol. The molecule has 2 aromatic carbocycles. The van der Waals surface area contributed by atoms with E-state index in [-0.39, 0.29) is 11.5 Å². The van der Waals surface area contributed by atoms with Crippen LogP contribution in [0.3, 0.4) is 0 Å². The summed E-state index contributed by atoms with van der Waals surface area (Å²) in [5.74, 6) is -0.439. The highest BCUT2D eigenvalue weighted by atomic mass is 16.5. The Morgan fingerprint density at radius 2 is 1.69 bits per heavy atom. The lowest BCUT2D eigenvalue weighted by Gasteiger charge is -2.53. The van der Waals surface area contributed by atoms with Crippen LogP contribution in [0, 0.1) is 13.8 Å². The lowest BCUT2D eigenvalue weighted by Crippen LogP contribution is -2.68. The molecule has 26 heavy (non-hydrogen) atoms. The molecule has 0 spiro atoms. The zero-order valence-electron chi connectivity index (χ0n) is 15.8. The molecule has 2 aromatic rings. The predicted molar refractivity (Wildman–Crippen MR) is 104 cm³/mol. The Kier molecular flexibility index (Phi) is 4.91. The van der Waals surface area contributed by atoms with E-state index in [9.17, 15) is 4.79 Å². The van der Waals surface area contributed by atoms with E-state index in [0.717, 1.165) is 5.56 Å². The van der Waals surface area contributed by atoms with Gasteiger partial charge in [-0.25, -0.2) is 0 Å². The Balaban J connectivity index is 1.78. The SMILES string of the molecule is Cc1cc(C)cc([C@@H](C)OCC2(c3ccccc3)CC(N)(C(N)=O)C2)c1. The quantitative estimate of drug-likeness (QED) is 0.837.